The van der Waals surface area contributed by atoms with Crippen LogP contribution in [0.4, 0.5) is 5.69 Å². The Balaban J connectivity index is 1.85. The van der Waals surface area contributed by atoms with Crippen molar-refractivity contribution in [3.8, 4) is 0 Å². The quantitative estimate of drug-likeness (QED) is 0.669. The highest BCUT2D eigenvalue weighted by Crippen LogP contribution is 2.14. The van der Waals surface area contributed by atoms with Crippen LogP contribution in [0.5, 0.6) is 0 Å². The maximum Gasteiger partial charge on any atom is 0.338 e. The van der Waals surface area contributed by atoms with E-state index < -0.39 is 5.97 Å². The van der Waals surface area contributed by atoms with Crippen LogP contribution in [0.15, 0.2) is 24.3 Å². The van der Waals surface area contributed by atoms with Crippen molar-refractivity contribution in [2.45, 2.75) is 31.9 Å². The van der Waals surface area contributed by atoms with Gasteiger partial charge in [0.1, 0.15) is 5.50 Å². The van der Waals surface area contributed by atoms with Gasteiger partial charge >= 0.3 is 5.97 Å². The van der Waals surface area contributed by atoms with Crippen molar-refractivity contribution in [3.05, 3.63) is 29.8 Å². The van der Waals surface area contributed by atoms with Crippen molar-refractivity contribution >= 4 is 35.2 Å². The molecule has 0 bridgehead atoms. The van der Waals surface area contributed by atoms with E-state index in [1.54, 1.807) is 38.1 Å². The number of esters is 1. The molecule has 1 atom stereocenters. The topological polar surface area (TPSA) is 96.5 Å². The molecule has 0 saturated carbocycles. The molecule has 130 valence electrons. The largest absolute Gasteiger partial charge is 0.459 e. The number of carbonyl (C=O) groups excluding carboxylic acids is 3. The number of thioether (sulfide) groups is 1. The molecule has 1 aliphatic rings. The van der Waals surface area contributed by atoms with E-state index in [9.17, 15) is 14.4 Å². The predicted octanol–water partition coefficient (Wildman–Crippen LogP) is 1.32. The second-order valence-corrected chi connectivity index (χ2v) is 6.64. The Morgan fingerprint density at radius 2 is 2.21 bits per heavy atom. The summed E-state index contributed by atoms with van der Waals surface area (Å²) in [6, 6.07) is 6.60. The number of ether oxygens (including phenoxy) is 1. The van der Waals surface area contributed by atoms with Crippen LogP contribution < -0.4 is 16.0 Å². The third kappa shape index (κ3) is 5.86. The summed E-state index contributed by atoms with van der Waals surface area (Å²) < 4.78 is 5.13. The maximum atomic E-state index is 12.0. The molecule has 1 unspecified atom stereocenters. The lowest BCUT2D eigenvalue weighted by atomic mass is 10.2. The average Bonchev–Trinajstić information content (AvgIpc) is 2.53. The second-order valence-electron chi connectivity index (χ2n) is 5.55. The van der Waals surface area contributed by atoms with Crippen molar-refractivity contribution in [1.82, 2.24) is 10.6 Å². The zero-order valence-corrected chi connectivity index (χ0v) is 14.4. The molecule has 8 heteroatoms. The first-order valence-corrected chi connectivity index (χ1v) is 8.74. The van der Waals surface area contributed by atoms with Crippen LogP contribution in [0.1, 0.15) is 30.6 Å². The van der Waals surface area contributed by atoms with Gasteiger partial charge in [-0.05, 0) is 32.0 Å². The molecule has 24 heavy (non-hydrogen) atoms. The average molecular weight is 351 g/mol. The molecule has 1 aromatic carbocycles. The molecule has 3 N–H and O–H groups in total. The fourth-order valence-corrected chi connectivity index (χ4v) is 2.89. The molecule has 2 amide bonds. The first-order chi connectivity index (χ1) is 11.4. The van der Waals surface area contributed by atoms with E-state index in [1.165, 1.54) is 11.8 Å². The lowest BCUT2D eigenvalue weighted by Crippen LogP contribution is -2.49. The summed E-state index contributed by atoms with van der Waals surface area (Å²) >= 11 is 1.30. The van der Waals surface area contributed by atoms with E-state index in [4.69, 9.17) is 4.74 Å². The third-order valence-corrected chi connectivity index (χ3v) is 4.13. The van der Waals surface area contributed by atoms with Crippen molar-refractivity contribution in [3.63, 3.8) is 0 Å². The van der Waals surface area contributed by atoms with Gasteiger partial charge in [-0.2, -0.15) is 0 Å². The second kappa shape index (κ2) is 8.70. The van der Waals surface area contributed by atoms with Crippen LogP contribution in [-0.2, 0) is 14.3 Å². The summed E-state index contributed by atoms with van der Waals surface area (Å²) in [7, 11) is 0. The van der Waals surface area contributed by atoms with Crippen LogP contribution in [0.25, 0.3) is 0 Å². The van der Waals surface area contributed by atoms with Gasteiger partial charge in [-0.3, -0.25) is 14.9 Å². The molecule has 1 aliphatic heterocycles. The van der Waals surface area contributed by atoms with Gasteiger partial charge in [0.2, 0.25) is 11.8 Å². The Morgan fingerprint density at radius 3 is 2.92 bits per heavy atom. The molecule has 0 aliphatic carbocycles. The number of hydrogen-bond acceptors (Lipinski definition) is 6. The number of carbonyl (C=O) groups is 3. The van der Waals surface area contributed by atoms with E-state index in [0.29, 0.717) is 24.2 Å². The predicted molar refractivity (Wildman–Crippen MR) is 92.6 cm³/mol. The van der Waals surface area contributed by atoms with Gasteiger partial charge in [-0.1, -0.05) is 6.07 Å². The van der Waals surface area contributed by atoms with Crippen LogP contribution in [0.2, 0.25) is 0 Å². The van der Waals surface area contributed by atoms with Gasteiger partial charge in [-0.25, -0.2) is 4.79 Å². The molecule has 1 fully saturated rings. The standard InChI is InChI=1S/C16H21N3O4S/c1-10(2)23-15(22)11-4-3-5-12(8-11)18-14(21)9-24-16-17-7-6-13(20)19-16/h3-5,8,10,16-17H,6-7,9H2,1-2H3,(H,18,21)(H,19,20). The third-order valence-electron chi connectivity index (χ3n) is 3.08. The fourth-order valence-electron chi connectivity index (χ4n) is 2.05. The number of hydrogen-bond donors (Lipinski definition) is 3. The van der Waals surface area contributed by atoms with Crippen molar-refractivity contribution in [2.24, 2.45) is 0 Å². The van der Waals surface area contributed by atoms with Crippen molar-refractivity contribution in [2.75, 3.05) is 17.6 Å². The zero-order chi connectivity index (χ0) is 17.5. The monoisotopic (exact) mass is 351 g/mol. The van der Waals surface area contributed by atoms with Gasteiger partial charge in [-0.15, -0.1) is 11.8 Å². The maximum absolute atomic E-state index is 12.0. The molecule has 7 nitrogen and oxygen atoms in total. The minimum Gasteiger partial charge on any atom is -0.459 e. The van der Waals surface area contributed by atoms with Gasteiger partial charge in [0, 0.05) is 18.7 Å². The summed E-state index contributed by atoms with van der Waals surface area (Å²) in [4.78, 5) is 35.2. The van der Waals surface area contributed by atoms with E-state index in [0.717, 1.165) is 0 Å². The summed E-state index contributed by atoms with van der Waals surface area (Å²) in [5.41, 5.74) is 0.652. The molecular weight excluding hydrogens is 330 g/mol. The smallest absolute Gasteiger partial charge is 0.338 e. The van der Waals surface area contributed by atoms with Crippen LogP contribution >= 0.6 is 11.8 Å². The number of benzene rings is 1. The lowest BCUT2D eigenvalue weighted by Gasteiger charge is -2.23. The van der Waals surface area contributed by atoms with Gasteiger partial charge < -0.3 is 15.4 Å². The molecule has 0 spiro atoms. The van der Waals surface area contributed by atoms with Crippen molar-refractivity contribution < 1.29 is 19.1 Å². The summed E-state index contributed by atoms with van der Waals surface area (Å²) in [6.07, 6.45) is 0.244. The highest BCUT2D eigenvalue weighted by Gasteiger charge is 2.18. The Labute approximate surface area is 144 Å². The Kier molecular flexibility index (Phi) is 6.62. The van der Waals surface area contributed by atoms with E-state index in [1.807, 2.05) is 0 Å². The molecule has 1 saturated heterocycles. The normalized spacial score (nSPS) is 17.3. The van der Waals surface area contributed by atoms with Gasteiger partial charge in [0.05, 0.1) is 17.4 Å². The Morgan fingerprint density at radius 1 is 1.42 bits per heavy atom. The van der Waals surface area contributed by atoms with Crippen LogP contribution in [-0.4, -0.2) is 41.7 Å². The van der Waals surface area contributed by atoms with E-state index in [2.05, 4.69) is 16.0 Å². The number of anilines is 1. The molecule has 1 heterocycles. The van der Waals surface area contributed by atoms with Gasteiger partial charge in [0.25, 0.3) is 0 Å². The highest BCUT2D eigenvalue weighted by atomic mass is 32.2. The van der Waals surface area contributed by atoms with E-state index >= 15 is 0 Å². The highest BCUT2D eigenvalue weighted by molar-refractivity contribution is 8.00. The summed E-state index contributed by atoms with van der Waals surface area (Å²) in [6.45, 7) is 4.16. The summed E-state index contributed by atoms with van der Waals surface area (Å²) in [5.74, 6) is -0.484. The molecule has 1 aromatic rings. The lowest BCUT2D eigenvalue weighted by molar-refractivity contribution is -0.122. The first-order valence-electron chi connectivity index (χ1n) is 7.69. The minimum atomic E-state index is -0.426. The fraction of sp³-hybridized carbons (Fsp3) is 0.438. The molecular formula is C16H21N3O4S. The van der Waals surface area contributed by atoms with Gasteiger partial charge in [0.15, 0.2) is 0 Å². The Bertz CT molecular complexity index is 621. The molecule has 0 aromatic heterocycles. The SMILES string of the molecule is CC(C)OC(=O)c1cccc(NC(=O)CSC2NCCC(=O)N2)c1. The van der Waals surface area contributed by atoms with Crippen LogP contribution in [0.3, 0.4) is 0 Å². The number of nitrogens with one attached hydrogen (secondary N) is 3. The molecule has 0 radical (unpaired) electrons. The number of rotatable bonds is 6. The Hall–Kier alpha value is -2.06. The summed E-state index contributed by atoms with van der Waals surface area (Å²) in [5, 5.41) is 8.58. The minimum absolute atomic E-state index is 0.0250. The first kappa shape index (κ1) is 18.3. The zero-order valence-electron chi connectivity index (χ0n) is 13.6. The molecule has 2 rings (SSSR count). The van der Waals surface area contributed by atoms with Crippen LogP contribution in [0, 0.1) is 0 Å². The van der Waals surface area contributed by atoms with E-state index in [-0.39, 0.29) is 29.2 Å². The number of amides is 2. The van der Waals surface area contributed by atoms with Crippen molar-refractivity contribution in [1.29, 1.82) is 0 Å².